The third kappa shape index (κ3) is 6.96. The second-order valence-electron chi connectivity index (χ2n) is 3.21. The topological polar surface area (TPSA) is 138 Å². The van der Waals surface area contributed by atoms with E-state index < -0.39 is 30.4 Å². The lowest BCUT2D eigenvalue weighted by Gasteiger charge is -1.99. The third-order valence-electron chi connectivity index (χ3n) is 1.73. The molecule has 0 saturated heterocycles. The molecule has 0 bridgehead atoms. The van der Waals surface area contributed by atoms with Crippen LogP contribution in [0.25, 0.3) is 0 Å². The van der Waals surface area contributed by atoms with Gasteiger partial charge in [0.1, 0.15) is 6.04 Å². The molecule has 7 heteroatoms. The Morgan fingerprint density at radius 1 is 1.06 bits per heavy atom. The number of aromatic carboxylic acids is 1. The van der Waals surface area contributed by atoms with Crippen LogP contribution in [0.15, 0.2) is 30.3 Å². The van der Waals surface area contributed by atoms with Crippen molar-refractivity contribution in [1.82, 2.24) is 0 Å². The summed E-state index contributed by atoms with van der Waals surface area (Å²) in [4.78, 5) is 29.8. The number of carboxylic acid groups (broad SMARTS) is 3. The highest BCUT2D eigenvalue weighted by Gasteiger charge is 2.14. The minimum Gasteiger partial charge on any atom is -0.481 e. The first-order valence-electron chi connectivity index (χ1n) is 4.83. The van der Waals surface area contributed by atoms with Crippen LogP contribution in [0.4, 0.5) is 0 Å². The fourth-order valence-corrected chi connectivity index (χ4v) is 0.856. The van der Waals surface area contributed by atoms with Crippen molar-refractivity contribution in [1.29, 1.82) is 0 Å². The van der Waals surface area contributed by atoms with Gasteiger partial charge in [0, 0.05) is 0 Å². The van der Waals surface area contributed by atoms with Crippen LogP contribution >= 0.6 is 0 Å². The highest BCUT2D eigenvalue weighted by molar-refractivity contribution is 5.87. The first-order valence-corrected chi connectivity index (χ1v) is 4.83. The third-order valence-corrected chi connectivity index (χ3v) is 1.73. The summed E-state index contributed by atoms with van der Waals surface area (Å²) >= 11 is 0. The molecule has 1 atom stereocenters. The van der Waals surface area contributed by atoms with E-state index in [4.69, 9.17) is 21.1 Å². The Balaban J connectivity index is 0.000000321. The normalized spacial score (nSPS) is 10.7. The molecule has 1 aromatic carbocycles. The van der Waals surface area contributed by atoms with E-state index in [1.54, 1.807) is 30.3 Å². The molecule has 0 aliphatic carbocycles. The number of nitrogens with two attached hydrogens (primary N) is 1. The van der Waals surface area contributed by atoms with Crippen LogP contribution in [0.5, 0.6) is 0 Å². The number of rotatable bonds is 4. The fraction of sp³-hybridized carbons (Fsp3) is 0.182. The van der Waals surface area contributed by atoms with Gasteiger partial charge in [0.15, 0.2) is 0 Å². The molecule has 0 amide bonds. The first kappa shape index (κ1) is 15.6. The average Bonchev–Trinajstić information content (AvgIpc) is 2.30. The number of aliphatic carboxylic acids is 2. The van der Waals surface area contributed by atoms with Gasteiger partial charge in [-0.05, 0) is 12.1 Å². The standard InChI is InChI=1S/C7H6O2.C4H7NO4/c8-7(9)6-4-2-1-3-5-6;5-2(4(8)9)1-3(6)7/h1-5H,(H,8,9);2H,1,5H2,(H,6,7)(H,8,9)/t;2-/m.0/s1. The molecule has 0 radical (unpaired) electrons. The van der Waals surface area contributed by atoms with E-state index in [0.29, 0.717) is 5.56 Å². The lowest BCUT2D eigenvalue weighted by atomic mass is 10.2. The van der Waals surface area contributed by atoms with Gasteiger partial charge in [0.2, 0.25) is 0 Å². The second-order valence-corrected chi connectivity index (χ2v) is 3.21. The zero-order chi connectivity index (χ0) is 14.1. The van der Waals surface area contributed by atoms with E-state index in [-0.39, 0.29) is 0 Å². The smallest absolute Gasteiger partial charge is 0.335 e. The van der Waals surface area contributed by atoms with Crippen LogP contribution in [0.2, 0.25) is 0 Å². The maximum atomic E-state index is 10.2. The monoisotopic (exact) mass is 255 g/mol. The summed E-state index contributed by atoms with van der Waals surface area (Å²) in [5.41, 5.74) is 5.17. The molecule has 7 nitrogen and oxygen atoms in total. The van der Waals surface area contributed by atoms with E-state index in [2.05, 4.69) is 0 Å². The molecule has 0 heterocycles. The van der Waals surface area contributed by atoms with Crippen molar-refractivity contribution < 1.29 is 29.7 Å². The van der Waals surface area contributed by atoms with Gasteiger partial charge in [-0.1, -0.05) is 18.2 Å². The molecule has 98 valence electrons. The van der Waals surface area contributed by atoms with Crippen LogP contribution in [0.3, 0.4) is 0 Å². The summed E-state index contributed by atoms with van der Waals surface area (Å²) in [7, 11) is 0. The molecule has 0 aliphatic rings. The average molecular weight is 255 g/mol. The fourth-order valence-electron chi connectivity index (χ4n) is 0.856. The Morgan fingerprint density at radius 2 is 1.56 bits per heavy atom. The van der Waals surface area contributed by atoms with E-state index >= 15 is 0 Å². The number of carboxylic acids is 3. The maximum absolute atomic E-state index is 10.2. The van der Waals surface area contributed by atoms with E-state index in [1.807, 2.05) is 0 Å². The summed E-state index contributed by atoms with van der Waals surface area (Å²) in [5.74, 6) is -3.38. The van der Waals surface area contributed by atoms with Gasteiger partial charge in [0.25, 0.3) is 0 Å². The lowest BCUT2D eigenvalue weighted by Crippen LogP contribution is -2.32. The quantitative estimate of drug-likeness (QED) is 0.605. The van der Waals surface area contributed by atoms with Crippen molar-refractivity contribution in [2.75, 3.05) is 0 Å². The number of carbonyl (C=O) groups is 3. The first-order chi connectivity index (χ1) is 8.34. The molecule has 0 unspecified atom stereocenters. The Labute approximate surface area is 102 Å². The molecule has 0 spiro atoms. The molecule has 5 N–H and O–H groups in total. The predicted molar refractivity (Wildman–Crippen MR) is 61.3 cm³/mol. The van der Waals surface area contributed by atoms with Crippen molar-refractivity contribution in [2.45, 2.75) is 12.5 Å². The van der Waals surface area contributed by atoms with Gasteiger partial charge in [-0.2, -0.15) is 0 Å². The zero-order valence-electron chi connectivity index (χ0n) is 9.31. The molecule has 0 aromatic heterocycles. The van der Waals surface area contributed by atoms with Crippen molar-refractivity contribution in [3.05, 3.63) is 35.9 Å². The summed E-state index contributed by atoms with van der Waals surface area (Å²) in [5, 5.41) is 24.4. The van der Waals surface area contributed by atoms with E-state index in [9.17, 15) is 14.4 Å². The van der Waals surface area contributed by atoms with Gasteiger partial charge < -0.3 is 21.1 Å². The Bertz CT molecular complexity index is 417. The molecule has 0 aliphatic heterocycles. The number of benzene rings is 1. The van der Waals surface area contributed by atoms with Crippen molar-refractivity contribution >= 4 is 17.9 Å². The van der Waals surface area contributed by atoms with Crippen LogP contribution in [0.1, 0.15) is 16.8 Å². The molecular weight excluding hydrogens is 242 g/mol. The maximum Gasteiger partial charge on any atom is 0.335 e. The molecular formula is C11H13NO6. The Kier molecular flexibility index (Phi) is 6.75. The van der Waals surface area contributed by atoms with Crippen molar-refractivity contribution in [2.24, 2.45) is 5.73 Å². The predicted octanol–water partition coefficient (Wildman–Crippen LogP) is 0.258. The SMILES string of the molecule is N[C@@H](CC(=O)O)C(=O)O.O=C(O)c1ccccc1. The molecule has 1 rings (SSSR count). The summed E-state index contributed by atoms with van der Waals surface area (Å²) < 4.78 is 0. The molecule has 1 aromatic rings. The second kappa shape index (κ2) is 7.80. The summed E-state index contributed by atoms with van der Waals surface area (Å²) in [6.45, 7) is 0. The van der Waals surface area contributed by atoms with Gasteiger partial charge in [0.05, 0.1) is 12.0 Å². The van der Waals surface area contributed by atoms with Crippen LogP contribution in [0, 0.1) is 0 Å². The van der Waals surface area contributed by atoms with Crippen LogP contribution in [-0.2, 0) is 9.59 Å². The van der Waals surface area contributed by atoms with E-state index in [1.165, 1.54) is 0 Å². The van der Waals surface area contributed by atoms with Gasteiger partial charge >= 0.3 is 17.9 Å². The van der Waals surface area contributed by atoms with E-state index in [0.717, 1.165) is 0 Å². The molecule has 0 saturated carbocycles. The van der Waals surface area contributed by atoms with Crippen molar-refractivity contribution in [3.63, 3.8) is 0 Å². The minimum atomic E-state index is -1.29. The Hall–Kier alpha value is -2.41. The minimum absolute atomic E-state index is 0.331. The van der Waals surface area contributed by atoms with Crippen LogP contribution < -0.4 is 5.73 Å². The largest absolute Gasteiger partial charge is 0.481 e. The molecule has 0 fully saturated rings. The van der Waals surface area contributed by atoms with Gasteiger partial charge in [-0.3, -0.25) is 9.59 Å². The van der Waals surface area contributed by atoms with Gasteiger partial charge in [-0.15, -0.1) is 0 Å². The lowest BCUT2D eigenvalue weighted by molar-refractivity contribution is -0.144. The van der Waals surface area contributed by atoms with Crippen molar-refractivity contribution in [3.8, 4) is 0 Å². The van der Waals surface area contributed by atoms with Gasteiger partial charge in [-0.25, -0.2) is 4.79 Å². The highest BCUT2D eigenvalue weighted by Crippen LogP contribution is 1.96. The number of hydrogen-bond donors (Lipinski definition) is 4. The van der Waals surface area contributed by atoms with Crippen LogP contribution in [-0.4, -0.2) is 39.3 Å². The Morgan fingerprint density at radius 3 is 1.78 bits per heavy atom. The summed E-state index contributed by atoms with van der Waals surface area (Å²) in [6.07, 6.45) is -0.532. The number of hydrogen-bond acceptors (Lipinski definition) is 4. The highest BCUT2D eigenvalue weighted by atomic mass is 16.4. The summed E-state index contributed by atoms with van der Waals surface area (Å²) in [6, 6.07) is 7.01. The molecule has 18 heavy (non-hydrogen) atoms. The zero-order valence-corrected chi connectivity index (χ0v) is 9.31.